The van der Waals surface area contributed by atoms with Gasteiger partial charge in [-0.05, 0) is 38.2 Å². The molecule has 0 aliphatic carbocycles. The van der Waals surface area contributed by atoms with E-state index in [9.17, 15) is 0 Å². The van der Waals surface area contributed by atoms with E-state index < -0.39 is 0 Å². The number of hydrogen-bond acceptors (Lipinski definition) is 3. The molecule has 1 rings (SSSR count). The highest BCUT2D eigenvalue weighted by Crippen LogP contribution is 2.16. The van der Waals surface area contributed by atoms with Crippen LogP contribution in [-0.4, -0.2) is 45.3 Å². The van der Waals surface area contributed by atoms with Crippen molar-refractivity contribution in [3.8, 4) is 0 Å². The number of benzene rings is 1. The third-order valence-corrected chi connectivity index (χ3v) is 2.98. The van der Waals surface area contributed by atoms with Gasteiger partial charge in [-0.3, -0.25) is 0 Å². The normalized spacial score (nSPS) is 11.2. The molecule has 0 aliphatic rings. The molecule has 0 amide bonds. The number of likely N-dealkylation sites (N-methyl/N-ethyl adjacent to an activating group) is 1. The van der Waals surface area contributed by atoms with Gasteiger partial charge in [-0.25, -0.2) is 0 Å². The lowest BCUT2D eigenvalue weighted by molar-refractivity contribution is 0.119. The van der Waals surface area contributed by atoms with E-state index in [-0.39, 0.29) is 0 Å². The second-order valence-electron chi connectivity index (χ2n) is 4.69. The topological polar surface area (TPSA) is 24.5 Å². The summed E-state index contributed by atoms with van der Waals surface area (Å²) >= 11 is 6.15. The van der Waals surface area contributed by atoms with Gasteiger partial charge in [0.1, 0.15) is 0 Å². The minimum atomic E-state index is 0.733. The fourth-order valence-electron chi connectivity index (χ4n) is 1.51. The van der Waals surface area contributed by atoms with Crippen LogP contribution in [0, 0.1) is 6.92 Å². The average Bonchev–Trinajstić information content (AvgIpc) is 2.30. The Labute approximate surface area is 115 Å². The zero-order chi connectivity index (χ0) is 13.4. The molecule has 0 fully saturated rings. The fraction of sp³-hybridized carbons (Fsp3) is 0.571. The van der Waals surface area contributed by atoms with E-state index in [0.717, 1.165) is 43.4 Å². The summed E-state index contributed by atoms with van der Waals surface area (Å²) in [4.78, 5) is 2.11. The van der Waals surface area contributed by atoms with Crippen molar-refractivity contribution in [2.75, 3.05) is 40.4 Å². The fourth-order valence-corrected chi connectivity index (χ4v) is 1.81. The van der Waals surface area contributed by atoms with Crippen LogP contribution in [0.1, 0.15) is 11.1 Å². The summed E-state index contributed by atoms with van der Waals surface area (Å²) in [6.07, 6.45) is 0. The summed E-state index contributed by atoms with van der Waals surface area (Å²) in [7, 11) is 4.09. The van der Waals surface area contributed by atoms with Gasteiger partial charge in [0.2, 0.25) is 0 Å². The van der Waals surface area contributed by atoms with E-state index in [1.165, 1.54) is 5.56 Å². The van der Waals surface area contributed by atoms with E-state index >= 15 is 0 Å². The Balaban J connectivity index is 2.11. The van der Waals surface area contributed by atoms with Crippen LogP contribution in [0.5, 0.6) is 0 Å². The Morgan fingerprint density at radius 2 is 2.06 bits per heavy atom. The molecule has 4 heteroatoms. The van der Waals surface area contributed by atoms with E-state index in [4.69, 9.17) is 16.3 Å². The van der Waals surface area contributed by atoms with Crippen LogP contribution in [-0.2, 0) is 11.3 Å². The minimum absolute atomic E-state index is 0.733. The molecular weight excluding hydrogens is 248 g/mol. The van der Waals surface area contributed by atoms with Crippen molar-refractivity contribution in [3.05, 3.63) is 34.3 Å². The Morgan fingerprint density at radius 1 is 1.28 bits per heavy atom. The second-order valence-corrected chi connectivity index (χ2v) is 5.09. The molecule has 0 aromatic heterocycles. The Kier molecular flexibility index (Phi) is 7.28. The number of nitrogens with zero attached hydrogens (tertiary/aromatic N) is 1. The molecule has 102 valence electrons. The van der Waals surface area contributed by atoms with Crippen molar-refractivity contribution >= 4 is 11.6 Å². The van der Waals surface area contributed by atoms with Crippen LogP contribution in [0.15, 0.2) is 18.2 Å². The SMILES string of the molecule is Cc1ccc(CNCCOCCN(C)C)c(Cl)c1. The molecule has 18 heavy (non-hydrogen) atoms. The maximum Gasteiger partial charge on any atom is 0.0593 e. The lowest BCUT2D eigenvalue weighted by Gasteiger charge is -2.10. The van der Waals surface area contributed by atoms with Crippen LogP contribution in [0.2, 0.25) is 5.02 Å². The molecule has 0 radical (unpaired) electrons. The molecule has 0 saturated heterocycles. The molecule has 0 aliphatic heterocycles. The maximum atomic E-state index is 6.15. The number of nitrogens with one attached hydrogen (secondary N) is 1. The third-order valence-electron chi connectivity index (χ3n) is 2.63. The standard InChI is InChI=1S/C14H23ClN2O/c1-12-4-5-13(14(15)10-12)11-16-6-8-18-9-7-17(2)3/h4-5,10,16H,6-9,11H2,1-3H3. The molecule has 1 aromatic carbocycles. The van der Waals surface area contributed by atoms with Gasteiger partial charge in [0, 0.05) is 24.7 Å². The van der Waals surface area contributed by atoms with Crippen molar-refractivity contribution in [3.63, 3.8) is 0 Å². The van der Waals surface area contributed by atoms with E-state index in [1.807, 2.05) is 27.1 Å². The largest absolute Gasteiger partial charge is 0.379 e. The molecule has 0 heterocycles. The zero-order valence-corrected chi connectivity index (χ0v) is 12.3. The van der Waals surface area contributed by atoms with Gasteiger partial charge in [-0.15, -0.1) is 0 Å². The van der Waals surface area contributed by atoms with Crippen LogP contribution < -0.4 is 5.32 Å². The second kappa shape index (κ2) is 8.48. The van der Waals surface area contributed by atoms with Crippen molar-refractivity contribution in [2.45, 2.75) is 13.5 Å². The quantitative estimate of drug-likeness (QED) is 0.734. The van der Waals surface area contributed by atoms with Crippen LogP contribution in [0.25, 0.3) is 0 Å². The smallest absolute Gasteiger partial charge is 0.0593 e. The van der Waals surface area contributed by atoms with Gasteiger partial charge in [0.05, 0.1) is 13.2 Å². The summed E-state index contributed by atoms with van der Waals surface area (Å²) in [6, 6.07) is 6.14. The molecule has 3 nitrogen and oxygen atoms in total. The summed E-state index contributed by atoms with van der Waals surface area (Å²) in [5, 5.41) is 4.16. The van der Waals surface area contributed by atoms with Crippen molar-refractivity contribution in [1.29, 1.82) is 0 Å². The Morgan fingerprint density at radius 3 is 2.72 bits per heavy atom. The number of aryl methyl sites for hydroxylation is 1. The number of rotatable bonds is 8. The first-order chi connectivity index (χ1) is 8.59. The van der Waals surface area contributed by atoms with E-state index in [2.05, 4.69) is 22.3 Å². The predicted molar refractivity (Wildman–Crippen MR) is 77.3 cm³/mol. The first-order valence-electron chi connectivity index (χ1n) is 6.28. The molecule has 1 aromatic rings. The first kappa shape index (κ1) is 15.4. The highest BCUT2D eigenvalue weighted by molar-refractivity contribution is 6.31. The van der Waals surface area contributed by atoms with Crippen molar-refractivity contribution < 1.29 is 4.74 Å². The lowest BCUT2D eigenvalue weighted by atomic mass is 10.1. The van der Waals surface area contributed by atoms with E-state index in [1.54, 1.807) is 0 Å². The number of ether oxygens (including phenoxy) is 1. The number of halogens is 1. The Hall–Kier alpha value is -0.610. The van der Waals surface area contributed by atoms with Crippen molar-refractivity contribution in [1.82, 2.24) is 10.2 Å². The molecule has 0 saturated carbocycles. The first-order valence-corrected chi connectivity index (χ1v) is 6.65. The summed E-state index contributed by atoms with van der Waals surface area (Å²) in [6.45, 7) is 6.15. The summed E-state index contributed by atoms with van der Waals surface area (Å²) < 4.78 is 5.49. The van der Waals surface area contributed by atoms with Gasteiger partial charge >= 0.3 is 0 Å². The molecule has 0 spiro atoms. The van der Waals surface area contributed by atoms with Crippen LogP contribution in [0.3, 0.4) is 0 Å². The van der Waals surface area contributed by atoms with Crippen LogP contribution in [0.4, 0.5) is 0 Å². The molecule has 0 bridgehead atoms. The maximum absolute atomic E-state index is 6.15. The van der Waals surface area contributed by atoms with Crippen molar-refractivity contribution in [2.24, 2.45) is 0 Å². The molecule has 0 atom stereocenters. The monoisotopic (exact) mass is 270 g/mol. The highest BCUT2D eigenvalue weighted by atomic mass is 35.5. The average molecular weight is 271 g/mol. The molecule has 0 unspecified atom stereocenters. The van der Waals surface area contributed by atoms with Gasteiger partial charge in [0.15, 0.2) is 0 Å². The van der Waals surface area contributed by atoms with Gasteiger partial charge in [-0.1, -0.05) is 23.7 Å². The van der Waals surface area contributed by atoms with Gasteiger partial charge in [-0.2, -0.15) is 0 Å². The highest BCUT2D eigenvalue weighted by Gasteiger charge is 1.99. The predicted octanol–water partition coefficient (Wildman–Crippen LogP) is 2.32. The minimum Gasteiger partial charge on any atom is -0.379 e. The summed E-state index contributed by atoms with van der Waals surface area (Å²) in [5.41, 5.74) is 2.33. The van der Waals surface area contributed by atoms with Gasteiger partial charge < -0.3 is 15.0 Å². The number of hydrogen-bond donors (Lipinski definition) is 1. The van der Waals surface area contributed by atoms with E-state index in [0.29, 0.717) is 0 Å². The molecular formula is C14H23ClN2O. The lowest BCUT2D eigenvalue weighted by Crippen LogP contribution is -2.23. The summed E-state index contributed by atoms with van der Waals surface area (Å²) in [5.74, 6) is 0. The Bertz CT molecular complexity index is 356. The van der Waals surface area contributed by atoms with Crippen LogP contribution >= 0.6 is 11.6 Å². The van der Waals surface area contributed by atoms with Gasteiger partial charge in [0.25, 0.3) is 0 Å². The third kappa shape index (κ3) is 6.36. The zero-order valence-electron chi connectivity index (χ0n) is 11.5. The molecule has 1 N–H and O–H groups in total.